The summed E-state index contributed by atoms with van der Waals surface area (Å²) in [6.45, 7) is 0. The number of furan rings is 1. The van der Waals surface area contributed by atoms with E-state index >= 15 is 0 Å². The Morgan fingerprint density at radius 2 is 1.70 bits per heavy atom. The van der Waals surface area contributed by atoms with E-state index in [2.05, 4.69) is 22.0 Å². The summed E-state index contributed by atoms with van der Waals surface area (Å²) < 4.78 is 6.83. The fourth-order valence-corrected chi connectivity index (χ4v) is 2.54. The van der Waals surface area contributed by atoms with Crippen molar-refractivity contribution in [3.05, 3.63) is 81.5 Å². The van der Waals surface area contributed by atoms with Crippen molar-refractivity contribution in [3.63, 3.8) is 0 Å². The van der Waals surface area contributed by atoms with Crippen molar-refractivity contribution >= 4 is 39.2 Å². The molecule has 0 aliphatic carbocycles. The zero-order chi connectivity index (χ0) is 16.2. The van der Waals surface area contributed by atoms with E-state index in [-0.39, 0.29) is 0 Å². The predicted octanol–water partition coefficient (Wildman–Crippen LogP) is 6.43. The van der Waals surface area contributed by atoms with Gasteiger partial charge in [-0.25, -0.2) is 0 Å². The monoisotopic (exact) mass is 383 g/mol. The number of hydrogen-bond donors (Lipinski definition) is 0. The van der Waals surface area contributed by atoms with E-state index in [1.165, 1.54) is 0 Å². The van der Waals surface area contributed by atoms with Crippen LogP contribution in [0, 0.1) is 11.3 Å². The van der Waals surface area contributed by atoms with Gasteiger partial charge >= 0.3 is 0 Å². The number of benzene rings is 2. The van der Waals surface area contributed by atoms with Gasteiger partial charge in [0.25, 0.3) is 0 Å². The zero-order valence-corrected chi connectivity index (χ0v) is 14.3. The number of nitriles is 1. The fraction of sp³-hybridized carbons (Fsp3) is 0. The topological polar surface area (TPSA) is 36.9 Å². The average molecular weight is 385 g/mol. The Labute approximate surface area is 147 Å². The summed E-state index contributed by atoms with van der Waals surface area (Å²) in [5, 5.41) is 10.0. The third-order valence-electron chi connectivity index (χ3n) is 3.32. The summed E-state index contributed by atoms with van der Waals surface area (Å²) in [5.41, 5.74) is 2.31. The molecule has 0 saturated heterocycles. The highest BCUT2D eigenvalue weighted by molar-refractivity contribution is 9.10. The van der Waals surface area contributed by atoms with Crippen LogP contribution in [-0.2, 0) is 0 Å². The molecule has 0 unspecified atom stereocenters. The highest BCUT2D eigenvalue weighted by atomic mass is 79.9. The molecule has 0 aliphatic heterocycles. The molecule has 0 radical (unpaired) electrons. The van der Waals surface area contributed by atoms with Gasteiger partial charge < -0.3 is 4.42 Å². The van der Waals surface area contributed by atoms with Gasteiger partial charge in [-0.15, -0.1) is 0 Å². The van der Waals surface area contributed by atoms with Crippen molar-refractivity contribution < 1.29 is 4.42 Å². The van der Waals surface area contributed by atoms with Crippen LogP contribution in [0.3, 0.4) is 0 Å². The van der Waals surface area contributed by atoms with E-state index in [1.54, 1.807) is 18.2 Å². The lowest BCUT2D eigenvalue weighted by Crippen LogP contribution is -1.80. The molecular formula is C19H11BrClNO. The molecule has 0 atom stereocenters. The number of hydrogen-bond acceptors (Lipinski definition) is 2. The summed E-state index contributed by atoms with van der Waals surface area (Å²) in [4.78, 5) is 0. The zero-order valence-electron chi connectivity index (χ0n) is 12.0. The second-order valence-electron chi connectivity index (χ2n) is 4.89. The van der Waals surface area contributed by atoms with Gasteiger partial charge in [-0.1, -0.05) is 51.8 Å². The predicted molar refractivity (Wildman–Crippen MR) is 96.8 cm³/mol. The van der Waals surface area contributed by atoms with Crippen LogP contribution >= 0.6 is 27.5 Å². The molecule has 1 heterocycles. The number of allylic oxidation sites excluding steroid dienone is 1. The highest BCUT2D eigenvalue weighted by Crippen LogP contribution is 2.26. The van der Waals surface area contributed by atoms with Crippen LogP contribution in [0.1, 0.15) is 11.3 Å². The molecule has 0 spiro atoms. The van der Waals surface area contributed by atoms with Crippen LogP contribution in [0.5, 0.6) is 0 Å². The molecule has 112 valence electrons. The molecule has 2 nitrogen and oxygen atoms in total. The Hall–Kier alpha value is -2.28. The normalized spacial score (nSPS) is 11.3. The lowest BCUT2D eigenvalue weighted by molar-refractivity contribution is 0.572. The summed E-state index contributed by atoms with van der Waals surface area (Å²) in [6, 6.07) is 21.0. The minimum absolute atomic E-state index is 0.526. The smallest absolute Gasteiger partial charge is 0.134 e. The number of rotatable bonds is 3. The van der Waals surface area contributed by atoms with Gasteiger partial charge in [-0.2, -0.15) is 5.26 Å². The quantitative estimate of drug-likeness (QED) is 0.488. The fourth-order valence-electron chi connectivity index (χ4n) is 2.15. The summed E-state index contributed by atoms with van der Waals surface area (Å²) in [7, 11) is 0. The Bertz CT molecular complexity index is 886. The van der Waals surface area contributed by atoms with E-state index in [0.29, 0.717) is 16.4 Å². The molecule has 0 amide bonds. The molecule has 0 aliphatic rings. The second kappa shape index (κ2) is 6.87. The maximum atomic E-state index is 9.37. The third kappa shape index (κ3) is 3.73. The molecule has 3 aromatic rings. The average Bonchev–Trinajstić information content (AvgIpc) is 3.03. The van der Waals surface area contributed by atoms with Crippen molar-refractivity contribution in [2.75, 3.05) is 0 Å². The number of halogens is 2. The van der Waals surface area contributed by atoms with Crippen LogP contribution in [0.25, 0.3) is 23.0 Å². The van der Waals surface area contributed by atoms with Crippen LogP contribution in [0.2, 0.25) is 5.02 Å². The van der Waals surface area contributed by atoms with Gasteiger partial charge in [-0.3, -0.25) is 0 Å². The van der Waals surface area contributed by atoms with Gasteiger partial charge in [0.15, 0.2) is 0 Å². The minimum atomic E-state index is 0.526. The lowest BCUT2D eigenvalue weighted by atomic mass is 10.1. The Morgan fingerprint density at radius 1 is 1.00 bits per heavy atom. The van der Waals surface area contributed by atoms with Gasteiger partial charge in [-0.05, 0) is 48.0 Å². The third-order valence-corrected chi connectivity index (χ3v) is 4.10. The maximum Gasteiger partial charge on any atom is 0.134 e. The van der Waals surface area contributed by atoms with Crippen LogP contribution in [0.15, 0.2) is 69.6 Å². The lowest BCUT2D eigenvalue weighted by Gasteiger charge is -1.99. The maximum absolute atomic E-state index is 9.37. The molecule has 23 heavy (non-hydrogen) atoms. The van der Waals surface area contributed by atoms with E-state index in [1.807, 2.05) is 48.5 Å². The SMILES string of the molecule is N#C/C(=C/c1ccc(-c2ccc(Br)cc2)o1)c1ccc(Cl)cc1. The summed E-state index contributed by atoms with van der Waals surface area (Å²) >= 11 is 9.29. The molecule has 4 heteroatoms. The Balaban J connectivity index is 1.91. The molecule has 2 aromatic carbocycles. The van der Waals surface area contributed by atoms with Gasteiger partial charge in [0.1, 0.15) is 11.5 Å². The largest absolute Gasteiger partial charge is 0.457 e. The Kier molecular flexibility index (Phi) is 4.66. The first-order valence-corrected chi connectivity index (χ1v) is 8.06. The van der Waals surface area contributed by atoms with E-state index in [4.69, 9.17) is 16.0 Å². The van der Waals surface area contributed by atoms with Crippen molar-refractivity contribution in [2.24, 2.45) is 0 Å². The molecule has 0 N–H and O–H groups in total. The summed E-state index contributed by atoms with van der Waals surface area (Å²) in [5.74, 6) is 1.39. The molecule has 3 rings (SSSR count). The van der Waals surface area contributed by atoms with Gasteiger partial charge in [0.2, 0.25) is 0 Å². The number of nitrogens with zero attached hydrogens (tertiary/aromatic N) is 1. The molecule has 0 bridgehead atoms. The minimum Gasteiger partial charge on any atom is -0.457 e. The van der Waals surface area contributed by atoms with Crippen molar-refractivity contribution in [1.82, 2.24) is 0 Å². The first-order valence-electron chi connectivity index (χ1n) is 6.89. The van der Waals surface area contributed by atoms with Crippen molar-refractivity contribution in [2.45, 2.75) is 0 Å². The first kappa shape index (κ1) is 15.6. The van der Waals surface area contributed by atoms with E-state index in [9.17, 15) is 5.26 Å². The second-order valence-corrected chi connectivity index (χ2v) is 6.24. The van der Waals surface area contributed by atoms with Crippen molar-refractivity contribution in [3.8, 4) is 17.4 Å². The highest BCUT2D eigenvalue weighted by Gasteiger charge is 2.06. The molecule has 0 saturated carbocycles. The van der Waals surface area contributed by atoms with Crippen LogP contribution in [0.4, 0.5) is 0 Å². The molecule has 0 fully saturated rings. The first-order chi connectivity index (χ1) is 11.2. The molecule has 1 aromatic heterocycles. The van der Waals surface area contributed by atoms with Crippen LogP contribution < -0.4 is 0 Å². The van der Waals surface area contributed by atoms with Gasteiger partial charge in [0.05, 0.1) is 11.6 Å². The van der Waals surface area contributed by atoms with E-state index in [0.717, 1.165) is 21.4 Å². The van der Waals surface area contributed by atoms with E-state index < -0.39 is 0 Å². The standard InChI is InChI=1S/C19H11BrClNO/c20-16-5-1-14(2-6-16)19-10-9-18(23-19)11-15(12-22)13-3-7-17(21)8-4-13/h1-11H/b15-11-. The Morgan fingerprint density at radius 3 is 2.35 bits per heavy atom. The van der Waals surface area contributed by atoms with Gasteiger partial charge in [0, 0.05) is 15.1 Å². The van der Waals surface area contributed by atoms with Crippen molar-refractivity contribution in [1.29, 1.82) is 5.26 Å². The summed E-state index contributed by atoms with van der Waals surface area (Å²) in [6.07, 6.45) is 1.73. The van der Waals surface area contributed by atoms with Crippen LogP contribution in [-0.4, -0.2) is 0 Å². The molecular weight excluding hydrogens is 374 g/mol.